The summed E-state index contributed by atoms with van der Waals surface area (Å²) in [6.07, 6.45) is 3.16. The molecule has 6 nitrogen and oxygen atoms in total. The van der Waals surface area contributed by atoms with E-state index in [2.05, 4.69) is 10.6 Å². The van der Waals surface area contributed by atoms with Crippen LogP contribution in [-0.2, 0) is 14.3 Å². The van der Waals surface area contributed by atoms with E-state index in [9.17, 15) is 9.59 Å². The molecule has 0 aromatic heterocycles. The van der Waals surface area contributed by atoms with Crippen molar-refractivity contribution < 1.29 is 19.4 Å². The molecule has 0 spiro atoms. The molecule has 1 amide bonds. The van der Waals surface area contributed by atoms with Gasteiger partial charge in [0.05, 0.1) is 25.0 Å². The van der Waals surface area contributed by atoms with Crippen LogP contribution in [-0.4, -0.2) is 48.8 Å². The summed E-state index contributed by atoms with van der Waals surface area (Å²) in [6, 6.07) is 0.125. The number of morpholine rings is 1. The van der Waals surface area contributed by atoms with E-state index in [4.69, 9.17) is 9.84 Å². The summed E-state index contributed by atoms with van der Waals surface area (Å²) in [5.74, 6) is -0.946. The zero-order chi connectivity index (χ0) is 13.7. The highest BCUT2D eigenvalue weighted by molar-refractivity contribution is 5.77. The molecule has 0 radical (unpaired) electrons. The molecule has 2 aliphatic rings. The molecule has 0 aromatic carbocycles. The van der Waals surface area contributed by atoms with E-state index in [1.807, 2.05) is 0 Å². The lowest BCUT2D eigenvalue weighted by Crippen LogP contribution is -2.44. The van der Waals surface area contributed by atoms with Crippen LogP contribution in [0.2, 0.25) is 0 Å². The number of carboxylic acids is 1. The summed E-state index contributed by atoms with van der Waals surface area (Å²) in [6.45, 7) is 2.22. The second-order valence-electron chi connectivity index (χ2n) is 5.36. The Hall–Kier alpha value is -1.14. The number of amides is 1. The van der Waals surface area contributed by atoms with Gasteiger partial charge in [0.25, 0.3) is 0 Å². The predicted molar refractivity (Wildman–Crippen MR) is 68.8 cm³/mol. The summed E-state index contributed by atoms with van der Waals surface area (Å²) in [4.78, 5) is 22.7. The van der Waals surface area contributed by atoms with Crippen molar-refractivity contribution in [1.29, 1.82) is 0 Å². The van der Waals surface area contributed by atoms with Gasteiger partial charge in [-0.3, -0.25) is 9.59 Å². The highest BCUT2D eigenvalue weighted by atomic mass is 16.5. The molecule has 1 aliphatic carbocycles. The SMILES string of the molecule is O=C(CC1CNCCO1)NC1CCC(C(=O)O)CC1. The van der Waals surface area contributed by atoms with E-state index in [0.29, 0.717) is 25.9 Å². The minimum absolute atomic E-state index is 0.00692. The van der Waals surface area contributed by atoms with Gasteiger partial charge in [-0.2, -0.15) is 0 Å². The minimum Gasteiger partial charge on any atom is -0.481 e. The quantitative estimate of drug-likeness (QED) is 0.675. The molecule has 0 aromatic rings. The van der Waals surface area contributed by atoms with E-state index >= 15 is 0 Å². The largest absolute Gasteiger partial charge is 0.481 e. The van der Waals surface area contributed by atoms with Gasteiger partial charge in [-0.25, -0.2) is 0 Å². The molecule has 2 rings (SSSR count). The standard InChI is InChI=1S/C13H22N2O4/c16-12(7-11-8-14-5-6-19-11)15-10-3-1-9(2-4-10)13(17)18/h9-11,14H,1-8H2,(H,15,16)(H,17,18). The van der Waals surface area contributed by atoms with Crippen LogP contribution >= 0.6 is 0 Å². The fourth-order valence-corrected chi connectivity index (χ4v) is 2.73. The number of aliphatic carboxylic acids is 1. The lowest BCUT2D eigenvalue weighted by atomic mass is 9.86. The molecule has 1 atom stereocenters. The Kier molecular flexibility index (Phi) is 5.15. The van der Waals surface area contributed by atoms with E-state index < -0.39 is 5.97 Å². The lowest BCUT2D eigenvalue weighted by molar-refractivity contribution is -0.142. The van der Waals surface area contributed by atoms with Crippen LogP contribution in [0.3, 0.4) is 0 Å². The highest BCUT2D eigenvalue weighted by Crippen LogP contribution is 2.24. The maximum absolute atomic E-state index is 11.9. The Labute approximate surface area is 112 Å². The molecule has 3 N–H and O–H groups in total. The van der Waals surface area contributed by atoms with Gasteiger partial charge in [0, 0.05) is 19.1 Å². The van der Waals surface area contributed by atoms with Crippen molar-refractivity contribution in [3.05, 3.63) is 0 Å². The van der Waals surface area contributed by atoms with Crippen LogP contribution in [0.1, 0.15) is 32.1 Å². The number of carboxylic acid groups (broad SMARTS) is 1. The molecule has 19 heavy (non-hydrogen) atoms. The Morgan fingerprint density at radius 1 is 1.26 bits per heavy atom. The maximum Gasteiger partial charge on any atom is 0.306 e. The minimum atomic E-state index is -0.716. The number of ether oxygens (including phenoxy) is 1. The number of hydrogen-bond donors (Lipinski definition) is 3. The van der Waals surface area contributed by atoms with Gasteiger partial charge < -0.3 is 20.5 Å². The van der Waals surface area contributed by atoms with Crippen LogP contribution in [0.25, 0.3) is 0 Å². The van der Waals surface area contributed by atoms with E-state index in [-0.39, 0.29) is 24.0 Å². The third-order valence-corrected chi connectivity index (χ3v) is 3.86. The summed E-state index contributed by atoms with van der Waals surface area (Å²) in [5.41, 5.74) is 0. The zero-order valence-electron chi connectivity index (χ0n) is 11.1. The monoisotopic (exact) mass is 270 g/mol. The first-order valence-electron chi connectivity index (χ1n) is 6.99. The number of hydrogen-bond acceptors (Lipinski definition) is 4. The second-order valence-corrected chi connectivity index (χ2v) is 5.36. The van der Waals surface area contributed by atoms with Crippen LogP contribution < -0.4 is 10.6 Å². The van der Waals surface area contributed by atoms with Crippen molar-refractivity contribution in [3.63, 3.8) is 0 Å². The molecular formula is C13H22N2O4. The topological polar surface area (TPSA) is 87.7 Å². The van der Waals surface area contributed by atoms with Crippen molar-refractivity contribution in [2.45, 2.75) is 44.2 Å². The molecule has 1 saturated heterocycles. The van der Waals surface area contributed by atoms with Gasteiger partial charge in [0.2, 0.25) is 5.91 Å². The second kappa shape index (κ2) is 6.86. The first kappa shape index (κ1) is 14.3. The Balaban J connectivity index is 1.67. The van der Waals surface area contributed by atoms with Crippen molar-refractivity contribution >= 4 is 11.9 Å². The molecule has 1 heterocycles. The number of nitrogens with one attached hydrogen (secondary N) is 2. The molecule has 2 fully saturated rings. The fraction of sp³-hybridized carbons (Fsp3) is 0.846. The summed E-state index contributed by atoms with van der Waals surface area (Å²) in [5, 5.41) is 15.1. The number of carbonyl (C=O) groups is 2. The molecule has 1 unspecified atom stereocenters. The van der Waals surface area contributed by atoms with Gasteiger partial charge >= 0.3 is 5.97 Å². The third-order valence-electron chi connectivity index (χ3n) is 3.86. The van der Waals surface area contributed by atoms with Gasteiger partial charge in [0.1, 0.15) is 0 Å². The normalized spacial score (nSPS) is 31.7. The zero-order valence-corrected chi connectivity index (χ0v) is 11.1. The predicted octanol–water partition coefficient (Wildman–Crippen LogP) is 0.125. The van der Waals surface area contributed by atoms with Crippen LogP contribution in [0.4, 0.5) is 0 Å². The smallest absolute Gasteiger partial charge is 0.306 e. The van der Waals surface area contributed by atoms with Gasteiger partial charge in [-0.15, -0.1) is 0 Å². The maximum atomic E-state index is 11.9. The van der Waals surface area contributed by atoms with Crippen molar-refractivity contribution in [2.24, 2.45) is 5.92 Å². The number of carbonyl (C=O) groups excluding carboxylic acids is 1. The van der Waals surface area contributed by atoms with Crippen molar-refractivity contribution in [2.75, 3.05) is 19.7 Å². The third kappa shape index (κ3) is 4.47. The van der Waals surface area contributed by atoms with Crippen LogP contribution in [0.5, 0.6) is 0 Å². The van der Waals surface area contributed by atoms with Crippen LogP contribution in [0.15, 0.2) is 0 Å². The van der Waals surface area contributed by atoms with Crippen molar-refractivity contribution in [3.8, 4) is 0 Å². The Morgan fingerprint density at radius 2 is 2.00 bits per heavy atom. The first-order chi connectivity index (χ1) is 9.15. The lowest BCUT2D eigenvalue weighted by Gasteiger charge is -2.28. The van der Waals surface area contributed by atoms with Gasteiger partial charge in [0.15, 0.2) is 0 Å². The average Bonchev–Trinajstić information content (AvgIpc) is 2.40. The molecule has 6 heteroatoms. The first-order valence-corrected chi connectivity index (χ1v) is 6.99. The molecule has 1 saturated carbocycles. The van der Waals surface area contributed by atoms with Gasteiger partial charge in [-0.1, -0.05) is 0 Å². The highest BCUT2D eigenvalue weighted by Gasteiger charge is 2.27. The van der Waals surface area contributed by atoms with E-state index in [1.165, 1.54) is 0 Å². The van der Waals surface area contributed by atoms with Gasteiger partial charge in [-0.05, 0) is 25.7 Å². The summed E-state index contributed by atoms with van der Waals surface area (Å²) >= 11 is 0. The Bertz CT molecular complexity index is 321. The van der Waals surface area contributed by atoms with Crippen LogP contribution in [0, 0.1) is 5.92 Å². The number of rotatable bonds is 4. The summed E-state index contributed by atoms with van der Waals surface area (Å²) < 4.78 is 5.49. The van der Waals surface area contributed by atoms with Crippen molar-refractivity contribution in [1.82, 2.24) is 10.6 Å². The van der Waals surface area contributed by atoms with E-state index in [1.54, 1.807) is 0 Å². The molecule has 108 valence electrons. The summed E-state index contributed by atoms with van der Waals surface area (Å²) in [7, 11) is 0. The fourth-order valence-electron chi connectivity index (χ4n) is 2.73. The Morgan fingerprint density at radius 3 is 2.58 bits per heavy atom. The van der Waals surface area contributed by atoms with E-state index in [0.717, 1.165) is 25.9 Å². The molecule has 0 bridgehead atoms. The average molecular weight is 270 g/mol. The molecule has 1 aliphatic heterocycles. The molecular weight excluding hydrogens is 248 g/mol.